The summed E-state index contributed by atoms with van der Waals surface area (Å²) >= 11 is 6.23. The molecule has 0 radical (unpaired) electrons. The number of likely N-dealkylation sites (tertiary alicyclic amines) is 1. The lowest BCUT2D eigenvalue weighted by Gasteiger charge is -2.38. The number of halogens is 2. The van der Waals surface area contributed by atoms with E-state index in [9.17, 15) is 19.6 Å². The lowest BCUT2D eigenvalue weighted by atomic mass is 9.84. The minimum atomic E-state index is -1.00. The van der Waals surface area contributed by atoms with Gasteiger partial charge in [-0.2, -0.15) is 5.26 Å². The topological polar surface area (TPSA) is 124 Å². The van der Waals surface area contributed by atoms with Gasteiger partial charge in [-0.3, -0.25) is 19.8 Å². The van der Waals surface area contributed by atoms with Crippen molar-refractivity contribution in [1.82, 2.24) is 21.1 Å². The monoisotopic (exact) mass is 583 g/mol. The second-order valence-electron chi connectivity index (χ2n) is 11.4. The number of hydrogen-bond acceptors (Lipinski definition) is 6. The van der Waals surface area contributed by atoms with Gasteiger partial charge in [0.25, 0.3) is 11.8 Å². The maximum absolute atomic E-state index is 15.1. The van der Waals surface area contributed by atoms with Crippen LogP contribution in [0, 0.1) is 29.5 Å². The zero-order valence-electron chi connectivity index (χ0n) is 23.8. The van der Waals surface area contributed by atoms with E-state index in [-0.39, 0.29) is 35.2 Å². The van der Waals surface area contributed by atoms with E-state index in [2.05, 4.69) is 22.2 Å². The van der Waals surface area contributed by atoms with Crippen LogP contribution < -0.4 is 20.9 Å². The normalized spacial score (nSPS) is 23.4. The van der Waals surface area contributed by atoms with Crippen molar-refractivity contribution in [1.29, 1.82) is 5.26 Å². The minimum absolute atomic E-state index is 0.0284. The van der Waals surface area contributed by atoms with Gasteiger partial charge in [0, 0.05) is 23.6 Å². The molecule has 4 rings (SSSR count). The predicted molar refractivity (Wildman–Crippen MR) is 151 cm³/mol. The Morgan fingerprint density at radius 1 is 1.27 bits per heavy atom. The SMILES string of the molecule is Cc1cc(C(=O)N[C@H](C)C(=O)N2[C@H](c3cccc(Cl)c3)CC[C@@H]2C(C)(C)C#N)c(F)cc1OC1CC(C)NNC1=O. The highest BCUT2D eigenvalue weighted by Crippen LogP contribution is 2.43. The molecule has 2 aromatic carbocycles. The van der Waals surface area contributed by atoms with Crippen molar-refractivity contribution in [3.8, 4) is 11.8 Å². The molecule has 9 nitrogen and oxygen atoms in total. The highest BCUT2D eigenvalue weighted by molar-refractivity contribution is 6.30. The first-order chi connectivity index (χ1) is 19.3. The predicted octanol–water partition coefficient (Wildman–Crippen LogP) is 4.35. The van der Waals surface area contributed by atoms with Crippen LogP contribution >= 0.6 is 11.6 Å². The van der Waals surface area contributed by atoms with Crippen LogP contribution in [0.3, 0.4) is 0 Å². The van der Waals surface area contributed by atoms with E-state index >= 15 is 4.39 Å². The average Bonchev–Trinajstić information content (AvgIpc) is 3.38. The molecule has 2 heterocycles. The Morgan fingerprint density at radius 2 is 2.00 bits per heavy atom. The average molecular weight is 584 g/mol. The molecule has 5 atom stereocenters. The number of ether oxygens (including phenoxy) is 1. The molecule has 0 spiro atoms. The Kier molecular flexibility index (Phi) is 8.90. The van der Waals surface area contributed by atoms with Gasteiger partial charge >= 0.3 is 0 Å². The van der Waals surface area contributed by atoms with Crippen molar-refractivity contribution in [2.24, 2.45) is 5.41 Å². The second kappa shape index (κ2) is 12.0. The first-order valence-electron chi connectivity index (χ1n) is 13.6. The quantitative estimate of drug-likeness (QED) is 0.445. The van der Waals surface area contributed by atoms with Gasteiger partial charge in [-0.1, -0.05) is 23.7 Å². The van der Waals surface area contributed by atoms with E-state index in [0.29, 0.717) is 29.8 Å². The third-order valence-corrected chi connectivity index (χ3v) is 8.03. The molecule has 218 valence electrons. The van der Waals surface area contributed by atoms with Crippen LogP contribution in [0.5, 0.6) is 5.75 Å². The molecule has 2 aliphatic heterocycles. The smallest absolute Gasteiger partial charge is 0.275 e. The lowest BCUT2D eigenvalue weighted by Crippen LogP contribution is -2.56. The van der Waals surface area contributed by atoms with Crippen LogP contribution in [0.2, 0.25) is 5.02 Å². The largest absolute Gasteiger partial charge is 0.480 e. The minimum Gasteiger partial charge on any atom is -0.480 e. The number of nitriles is 1. The molecule has 2 aromatic rings. The number of carbonyl (C=O) groups excluding carboxylic acids is 3. The molecular weight excluding hydrogens is 549 g/mol. The highest BCUT2D eigenvalue weighted by Gasteiger charge is 2.46. The molecule has 0 aliphatic carbocycles. The Morgan fingerprint density at radius 3 is 2.68 bits per heavy atom. The number of aryl methyl sites for hydroxylation is 1. The zero-order valence-corrected chi connectivity index (χ0v) is 24.5. The number of hydrogen-bond donors (Lipinski definition) is 3. The number of hydrazine groups is 1. The van der Waals surface area contributed by atoms with E-state index in [4.69, 9.17) is 16.3 Å². The lowest BCUT2D eigenvalue weighted by molar-refractivity contribution is -0.137. The molecule has 0 bridgehead atoms. The Balaban J connectivity index is 1.53. The van der Waals surface area contributed by atoms with Crippen LogP contribution in [0.1, 0.15) is 74.5 Å². The van der Waals surface area contributed by atoms with Gasteiger partial charge in [-0.15, -0.1) is 0 Å². The van der Waals surface area contributed by atoms with Gasteiger partial charge in [-0.05, 0) is 76.8 Å². The molecule has 41 heavy (non-hydrogen) atoms. The molecule has 3 amide bonds. The fourth-order valence-corrected chi connectivity index (χ4v) is 5.68. The van der Waals surface area contributed by atoms with Crippen LogP contribution in [-0.2, 0) is 9.59 Å². The van der Waals surface area contributed by atoms with Crippen molar-refractivity contribution < 1.29 is 23.5 Å². The van der Waals surface area contributed by atoms with E-state index in [0.717, 1.165) is 11.6 Å². The van der Waals surface area contributed by atoms with E-state index in [1.54, 1.807) is 44.7 Å². The van der Waals surface area contributed by atoms with Crippen molar-refractivity contribution in [3.63, 3.8) is 0 Å². The molecule has 3 N–H and O–H groups in total. The summed E-state index contributed by atoms with van der Waals surface area (Å²) in [6.07, 6.45) is 0.824. The molecule has 2 saturated heterocycles. The van der Waals surface area contributed by atoms with Crippen LogP contribution in [-0.4, -0.2) is 46.9 Å². The molecule has 2 unspecified atom stereocenters. The van der Waals surface area contributed by atoms with Gasteiger partial charge in [0.2, 0.25) is 5.91 Å². The molecule has 2 fully saturated rings. The van der Waals surface area contributed by atoms with Crippen molar-refractivity contribution in [3.05, 3.63) is 63.9 Å². The number of nitrogens with zero attached hydrogens (tertiary/aromatic N) is 2. The molecule has 2 aliphatic rings. The number of benzene rings is 2. The number of nitrogens with one attached hydrogen (secondary N) is 3. The number of rotatable bonds is 7. The van der Waals surface area contributed by atoms with Gasteiger partial charge in [-0.25, -0.2) is 9.82 Å². The van der Waals surface area contributed by atoms with Gasteiger partial charge in [0.15, 0.2) is 6.10 Å². The second-order valence-corrected chi connectivity index (χ2v) is 11.8. The fraction of sp³-hybridized carbons (Fsp3) is 0.467. The first kappa shape index (κ1) is 30.3. The number of carbonyl (C=O) groups is 3. The summed E-state index contributed by atoms with van der Waals surface area (Å²) in [5, 5.41) is 13.0. The summed E-state index contributed by atoms with van der Waals surface area (Å²) in [6.45, 7) is 8.65. The summed E-state index contributed by atoms with van der Waals surface area (Å²) in [4.78, 5) is 40.8. The Hall–Kier alpha value is -3.68. The standard InChI is InChI=1S/C30H35ClFN5O4/c1-16-11-21(22(32)14-24(16)41-25-12-17(2)35-36-28(25)39)27(38)34-18(3)29(40)37-23(19-7-6-8-20(31)13-19)9-10-26(37)30(4,5)15-33/h6-8,11,13-14,17-18,23,25-26,35H,9-10,12H2,1-5H3,(H,34,38)(H,36,39)/t17?,18-,23+,25?,26-/m1/s1. The van der Waals surface area contributed by atoms with E-state index < -0.39 is 35.3 Å². The maximum Gasteiger partial charge on any atom is 0.275 e. The summed E-state index contributed by atoms with van der Waals surface area (Å²) in [7, 11) is 0. The third-order valence-electron chi connectivity index (χ3n) is 7.79. The molecular formula is C30H35ClFN5O4. The van der Waals surface area contributed by atoms with Gasteiger partial charge in [0.1, 0.15) is 17.6 Å². The van der Waals surface area contributed by atoms with Gasteiger partial charge < -0.3 is 15.0 Å². The molecule has 11 heteroatoms. The van der Waals surface area contributed by atoms with Gasteiger partial charge in [0.05, 0.1) is 29.1 Å². The van der Waals surface area contributed by atoms with Crippen molar-refractivity contribution in [2.45, 2.75) is 84.2 Å². The fourth-order valence-electron chi connectivity index (χ4n) is 5.48. The summed E-state index contributed by atoms with van der Waals surface area (Å²) in [5.41, 5.74) is 5.55. The van der Waals surface area contributed by atoms with E-state index in [1.807, 2.05) is 19.1 Å². The summed E-state index contributed by atoms with van der Waals surface area (Å²) in [5.74, 6) is -2.20. The van der Waals surface area contributed by atoms with Crippen LogP contribution in [0.25, 0.3) is 0 Å². The highest BCUT2D eigenvalue weighted by atomic mass is 35.5. The van der Waals surface area contributed by atoms with Crippen LogP contribution in [0.4, 0.5) is 4.39 Å². The number of amides is 3. The summed E-state index contributed by atoms with van der Waals surface area (Å²) < 4.78 is 20.9. The van der Waals surface area contributed by atoms with E-state index in [1.165, 1.54) is 6.07 Å². The third kappa shape index (κ3) is 6.47. The maximum atomic E-state index is 15.1. The zero-order chi connectivity index (χ0) is 30.1. The van der Waals surface area contributed by atoms with Crippen LogP contribution in [0.15, 0.2) is 36.4 Å². The Bertz CT molecular complexity index is 1390. The summed E-state index contributed by atoms with van der Waals surface area (Å²) in [6, 6.07) is 10.2. The first-order valence-corrected chi connectivity index (χ1v) is 14.0. The Labute approximate surface area is 244 Å². The van der Waals surface area contributed by atoms with Crippen molar-refractivity contribution >= 4 is 29.3 Å². The molecule has 0 saturated carbocycles. The van der Waals surface area contributed by atoms with Crippen molar-refractivity contribution in [2.75, 3.05) is 0 Å². The molecule has 0 aromatic heterocycles.